The standard InChI is InChI=1S/C16H20FN5O/c1-11-5-13(7-18)9-22(11)16(23)15-10-21(20-19-15)8-12-3-2-4-14(17)6-12/h2-4,6,10-11,13H,5,7-9,18H2,1H3. The first-order valence-corrected chi connectivity index (χ1v) is 7.72. The third-order valence-electron chi connectivity index (χ3n) is 4.25. The van der Waals surface area contributed by atoms with Crippen molar-refractivity contribution in [3.05, 3.63) is 47.5 Å². The van der Waals surface area contributed by atoms with Gasteiger partial charge in [0.1, 0.15) is 5.82 Å². The Kier molecular flexibility index (Phi) is 4.38. The highest BCUT2D eigenvalue weighted by Gasteiger charge is 2.33. The van der Waals surface area contributed by atoms with Crippen molar-refractivity contribution in [2.24, 2.45) is 11.7 Å². The maximum absolute atomic E-state index is 13.2. The molecule has 1 aromatic heterocycles. The van der Waals surface area contributed by atoms with Crippen molar-refractivity contribution in [1.82, 2.24) is 19.9 Å². The molecule has 3 rings (SSSR count). The van der Waals surface area contributed by atoms with Gasteiger partial charge in [0.2, 0.25) is 0 Å². The third-order valence-corrected chi connectivity index (χ3v) is 4.25. The molecule has 1 amide bonds. The Morgan fingerprint density at radius 1 is 1.48 bits per heavy atom. The van der Waals surface area contributed by atoms with Crippen LogP contribution in [0.2, 0.25) is 0 Å². The van der Waals surface area contributed by atoms with Gasteiger partial charge in [-0.2, -0.15) is 0 Å². The van der Waals surface area contributed by atoms with Gasteiger partial charge < -0.3 is 10.6 Å². The van der Waals surface area contributed by atoms with Crippen LogP contribution < -0.4 is 5.73 Å². The van der Waals surface area contributed by atoms with Gasteiger partial charge in [-0.05, 0) is 43.5 Å². The highest BCUT2D eigenvalue weighted by atomic mass is 19.1. The van der Waals surface area contributed by atoms with E-state index in [0.717, 1.165) is 12.0 Å². The number of amides is 1. The molecule has 6 nitrogen and oxygen atoms in total. The number of hydrogen-bond donors (Lipinski definition) is 1. The SMILES string of the molecule is CC1CC(CN)CN1C(=O)c1cn(Cc2cccc(F)c2)nn1. The lowest BCUT2D eigenvalue weighted by Gasteiger charge is -2.19. The summed E-state index contributed by atoms with van der Waals surface area (Å²) in [6.45, 7) is 3.64. The molecule has 2 atom stereocenters. The molecule has 1 saturated heterocycles. The van der Waals surface area contributed by atoms with Crippen molar-refractivity contribution in [1.29, 1.82) is 0 Å². The maximum atomic E-state index is 13.2. The summed E-state index contributed by atoms with van der Waals surface area (Å²) in [5, 5.41) is 7.93. The van der Waals surface area contributed by atoms with Crippen LogP contribution in [-0.4, -0.2) is 44.9 Å². The predicted octanol–water partition coefficient (Wildman–Crippen LogP) is 1.27. The molecule has 1 fully saturated rings. The average Bonchev–Trinajstić information content (AvgIpc) is 3.13. The Hall–Kier alpha value is -2.28. The molecule has 0 bridgehead atoms. The van der Waals surface area contributed by atoms with E-state index in [4.69, 9.17) is 5.73 Å². The monoisotopic (exact) mass is 317 g/mol. The lowest BCUT2D eigenvalue weighted by molar-refractivity contribution is 0.0737. The van der Waals surface area contributed by atoms with Crippen molar-refractivity contribution in [3.63, 3.8) is 0 Å². The van der Waals surface area contributed by atoms with E-state index in [1.54, 1.807) is 27.9 Å². The minimum Gasteiger partial charge on any atom is -0.334 e. The van der Waals surface area contributed by atoms with Gasteiger partial charge in [0.25, 0.3) is 5.91 Å². The molecule has 2 unspecified atom stereocenters. The molecule has 1 aliphatic heterocycles. The highest BCUT2D eigenvalue weighted by Crippen LogP contribution is 2.23. The number of halogens is 1. The Balaban J connectivity index is 1.70. The average molecular weight is 317 g/mol. The molecule has 0 radical (unpaired) electrons. The second kappa shape index (κ2) is 6.45. The fourth-order valence-corrected chi connectivity index (χ4v) is 3.04. The fourth-order valence-electron chi connectivity index (χ4n) is 3.04. The zero-order valence-electron chi connectivity index (χ0n) is 13.0. The summed E-state index contributed by atoms with van der Waals surface area (Å²) in [6, 6.07) is 6.44. The molecule has 2 N–H and O–H groups in total. The van der Waals surface area contributed by atoms with Crippen LogP contribution in [0.25, 0.3) is 0 Å². The molecule has 0 saturated carbocycles. The summed E-state index contributed by atoms with van der Waals surface area (Å²) in [5.41, 5.74) is 6.78. The third kappa shape index (κ3) is 3.39. The van der Waals surface area contributed by atoms with Gasteiger partial charge in [0.15, 0.2) is 5.69 Å². The Labute approximate surface area is 134 Å². The van der Waals surface area contributed by atoms with E-state index in [-0.39, 0.29) is 17.8 Å². The quantitative estimate of drug-likeness (QED) is 0.921. The molecule has 7 heteroatoms. The van der Waals surface area contributed by atoms with Crippen LogP contribution in [0.15, 0.2) is 30.5 Å². The first kappa shape index (κ1) is 15.6. The van der Waals surface area contributed by atoms with E-state index < -0.39 is 0 Å². The van der Waals surface area contributed by atoms with E-state index in [1.165, 1.54) is 12.1 Å². The Morgan fingerprint density at radius 2 is 2.30 bits per heavy atom. The summed E-state index contributed by atoms with van der Waals surface area (Å²) in [7, 11) is 0. The van der Waals surface area contributed by atoms with Crippen LogP contribution in [0.5, 0.6) is 0 Å². The van der Waals surface area contributed by atoms with Gasteiger partial charge in [0.05, 0.1) is 12.7 Å². The first-order valence-electron chi connectivity index (χ1n) is 7.72. The van der Waals surface area contributed by atoms with Crippen LogP contribution in [-0.2, 0) is 6.54 Å². The number of aromatic nitrogens is 3. The van der Waals surface area contributed by atoms with Crippen molar-refractivity contribution in [3.8, 4) is 0 Å². The highest BCUT2D eigenvalue weighted by molar-refractivity contribution is 5.92. The number of nitrogens with zero attached hydrogens (tertiary/aromatic N) is 4. The Morgan fingerprint density at radius 3 is 3.00 bits per heavy atom. The van der Waals surface area contributed by atoms with E-state index in [2.05, 4.69) is 10.3 Å². The molecular weight excluding hydrogens is 297 g/mol. The summed E-state index contributed by atoms with van der Waals surface area (Å²) in [6.07, 6.45) is 2.52. The van der Waals surface area contributed by atoms with E-state index in [9.17, 15) is 9.18 Å². The lowest BCUT2D eigenvalue weighted by Crippen LogP contribution is -2.34. The van der Waals surface area contributed by atoms with Crippen LogP contribution in [0.3, 0.4) is 0 Å². The molecule has 0 aliphatic carbocycles. The molecule has 2 aromatic rings. The van der Waals surface area contributed by atoms with Gasteiger partial charge >= 0.3 is 0 Å². The predicted molar refractivity (Wildman–Crippen MR) is 83.2 cm³/mol. The van der Waals surface area contributed by atoms with Crippen LogP contribution in [0.4, 0.5) is 4.39 Å². The van der Waals surface area contributed by atoms with Crippen molar-refractivity contribution in [2.45, 2.75) is 25.9 Å². The van der Waals surface area contributed by atoms with Gasteiger partial charge in [0, 0.05) is 12.6 Å². The number of rotatable bonds is 4. The van der Waals surface area contributed by atoms with E-state index >= 15 is 0 Å². The number of hydrogen-bond acceptors (Lipinski definition) is 4. The number of benzene rings is 1. The van der Waals surface area contributed by atoms with Crippen LogP contribution in [0, 0.1) is 11.7 Å². The normalized spacial score (nSPS) is 20.9. The van der Waals surface area contributed by atoms with Crippen LogP contribution >= 0.6 is 0 Å². The fraction of sp³-hybridized carbons (Fsp3) is 0.438. The second-order valence-electron chi connectivity index (χ2n) is 6.08. The minimum absolute atomic E-state index is 0.126. The summed E-state index contributed by atoms with van der Waals surface area (Å²) < 4.78 is 14.7. The van der Waals surface area contributed by atoms with Gasteiger partial charge in [-0.25, -0.2) is 9.07 Å². The lowest BCUT2D eigenvalue weighted by atomic mass is 10.1. The number of likely N-dealkylation sites (tertiary alicyclic amines) is 1. The summed E-state index contributed by atoms with van der Waals surface area (Å²) >= 11 is 0. The van der Waals surface area contributed by atoms with E-state index in [1.807, 2.05) is 6.92 Å². The van der Waals surface area contributed by atoms with E-state index in [0.29, 0.717) is 31.2 Å². The van der Waals surface area contributed by atoms with Gasteiger partial charge in [-0.1, -0.05) is 17.3 Å². The van der Waals surface area contributed by atoms with Crippen LogP contribution in [0.1, 0.15) is 29.4 Å². The zero-order chi connectivity index (χ0) is 16.4. The minimum atomic E-state index is -0.294. The molecule has 2 heterocycles. The zero-order valence-corrected chi connectivity index (χ0v) is 13.0. The molecule has 0 spiro atoms. The van der Waals surface area contributed by atoms with Crippen molar-refractivity contribution >= 4 is 5.91 Å². The topological polar surface area (TPSA) is 77.0 Å². The largest absolute Gasteiger partial charge is 0.334 e. The molecule has 1 aromatic carbocycles. The number of carbonyl (C=O) groups excluding carboxylic acids is 1. The Bertz CT molecular complexity index is 701. The first-order chi connectivity index (χ1) is 11.1. The molecule has 23 heavy (non-hydrogen) atoms. The maximum Gasteiger partial charge on any atom is 0.276 e. The van der Waals surface area contributed by atoms with Gasteiger partial charge in [-0.3, -0.25) is 4.79 Å². The smallest absolute Gasteiger partial charge is 0.276 e. The number of carbonyl (C=O) groups is 1. The number of nitrogens with two attached hydrogens (primary N) is 1. The molecular formula is C16H20FN5O. The second-order valence-corrected chi connectivity index (χ2v) is 6.08. The summed E-state index contributed by atoms with van der Waals surface area (Å²) in [5.74, 6) is -0.0761. The van der Waals surface area contributed by atoms with Crippen molar-refractivity contribution < 1.29 is 9.18 Å². The molecule has 122 valence electrons. The summed E-state index contributed by atoms with van der Waals surface area (Å²) in [4.78, 5) is 14.3. The molecule has 1 aliphatic rings. The van der Waals surface area contributed by atoms with Gasteiger partial charge in [-0.15, -0.1) is 5.10 Å². The van der Waals surface area contributed by atoms with Crippen molar-refractivity contribution in [2.75, 3.05) is 13.1 Å².